The molecule has 0 aromatic heterocycles. The topological polar surface area (TPSA) is 60.9 Å². The van der Waals surface area contributed by atoms with Gasteiger partial charge in [-0.1, -0.05) is 18.2 Å². The third-order valence-corrected chi connectivity index (χ3v) is 7.72. The van der Waals surface area contributed by atoms with Crippen molar-refractivity contribution < 1.29 is 13.2 Å². The number of benzene rings is 1. The zero-order chi connectivity index (χ0) is 17.4. The number of carbonyl (C=O) groups is 1. The lowest BCUT2D eigenvalue weighted by molar-refractivity contribution is 0.0745. The van der Waals surface area contributed by atoms with Crippen molar-refractivity contribution in [1.29, 1.82) is 0 Å². The van der Waals surface area contributed by atoms with Crippen molar-refractivity contribution in [3.05, 3.63) is 35.9 Å². The van der Waals surface area contributed by atoms with Crippen LogP contribution in [0.25, 0.3) is 0 Å². The van der Waals surface area contributed by atoms with E-state index in [9.17, 15) is 13.2 Å². The minimum Gasteiger partial charge on any atom is -0.337 e. The van der Waals surface area contributed by atoms with Crippen LogP contribution in [0.3, 0.4) is 0 Å². The molecule has 136 valence electrons. The molecule has 5 rings (SSSR count). The zero-order valence-corrected chi connectivity index (χ0v) is 15.2. The van der Waals surface area contributed by atoms with Crippen LogP contribution >= 0.6 is 0 Å². The van der Waals surface area contributed by atoms with E-state index in [0.717, 1.165) is 25.7 Å². The van der Waals surface area contributed by atoms with Crippen LogP contribution in [0, 0.1) is 5.92 Å². The molecule has 0 aliphatic carbocycles. The average molecular weight is 363 g/mol. The lowest BCUT2D eigenvalue weighted by Crippen LogP contribution is -2.52. The van der Waals surface area contributed by atoms with Gasteiger partial charge in [0.15, 0.2) is 0 Å². The predicted octanol–water partition coefficient (Wildman–Crippen LogP) is 1.56. The van der Waals surface area contributed by atoms with E-state index in [1.807, 2.05) is 35.2 Å². The van der Waals surface area contributed by atoms with Crippen LogP contribution < -0.4 is 0 Å². The number of piperidine rings is 1. The van der Waals surface area contributed by atoms with Gasteiger partial charge in [0.1, 0.15) is 0 Å². The maximum Gasteiger partial charge on any atom is 0.282 e. The van der Waals surface area contributed by atoms with Crippen LogP contribution in [0.2, 0.25) is 0 Å². The Morgan fingerprint density at radius 2 is 1.68 bits per heavy atom. The van der Waals surface area contributed by atoms with E-state index in [1.165, 1.54) is 0 Å². The third-order valence-electron chi connectivity index (χ3n) is 5.66. The normalized spacial score (nSPS) is 28.2. The first kappa shape index (κ1) is 17.0. The second-order valence-corrected chi connectivity index (χ2v) is 9.24. The third kappa shape index (κ3) is 3.20. The van der Waals surface area contributed by atoms with Gasteiger partial charge < -0.3 is 4.90 Å². The molecule has 25 heavy (non-hydrogen) atoms. The number of rotatable bonds is 3. The first-order valence-electron chi connectivity index (χ1n) is 9.17. The van der Waals surface area contributed by atoms with Gasteiger partial charge in [-0.25, -0.2) is 0 Å². The van der Waals surface area contributed by atoms with E-state index < -0.39 is 10.2 Å². The Morgan fingerprint density at radius 1 is 0.960 bits per heavy atom. The molecular weight excluding hydrogens is 338 g/mol. The molecule has 0 N–H and O–H groups in total. The van der Waals surface area contributed by atoms with E-state index in [1.54, 1.807) is 8.61 Å². The van der Waals surface area contributed by atoms with Crippen molar-refractivity contribution >= 4 is 16.1 Å². The van der Waals surface area contributed by atoms with Crippen LogP contribution in [-0.2, 0) is 10.2 Å². The summed E-state index contributed by atoms with van der Waals surface area (Å²) in [4.78, 5) is 14.7. The SMILES string of the molecule is O=C(c1ccccc1)N1C[C@@H]2CC[C@H](C1)N(S(=O)(=O)N1CCCC1)C2. The molecule has 4 fully saturated rings. The maximum atomic E-state index is 13.0. The predicted molar refractivity (Wildman–Crippen MR) is 95.3 cm³/mol. The quantitative estimate of drug-likeness (QED) is 0.819. The van der Waals surface area contributed by atoms with Crippen LogP contribution in [-0.4, -0.2) is 66.6 Å². The van der Waals surface area contributed by atoms with Gasteiger partial charge >= 0.3 is 0 Å². The van der Waals surface area contributed by atoms with E-state index in [-0.39, 0.29) is 17.9 Å². The lowest BCUT2D eigenvalue weighted by Gasteiger charge is -2.37. The van der Waals surface area contributed by atoms with E-state index in [0.29, 0.717) is 38.3 Å². The first-order chi connectivity index (χ1) is 12.1. The molecule has 7 heteroatoms. The molecule has 2 bridgehead atoms. The molecule has 0 unspecified atom stereocenters. The van der Waals surface area contributed by atoms with Gasteiger partial charge in [-0.2, -0.15) is 17.0 Å². The number of amides is 1. The van der Waals surface area contributed by atoms with Crippen molar-refractivity contribution in [2.45, 2.75) is 31.7 Å². The Balaban J connectivity index is 1.55. The molecule has 0 spiro atoms. The van der Waals surface area contributed by atoms with Gasteiger partial charge in [0.25, 0.3) is 16.1 Å². The van der Waals surface area contributed by atoms with E-state index >= 15 is 0 Å². The summed E-state index contributed by atoms with van der Waals surface area (Å²) in [5.41, 5.74) is 0.678. The van der Waals surface area contributed by atoms with Crippen LogP contribution in [0.5, 0.6) is 0 Å². The van der Waals surface area contributed by atoms with Crippen molar-refractivity contribution in [2.75, 3.05) is 32.7 Å². The van der Waals surface area contributed by atoms with Crippen molar-refractivity contribution in [3.8, 4) is 0 Å². The highest BCUT2D eigenvalue weighted by molar-refractivity contribution is 7.86. The standard InChI is InChI=1S/C18H25N3O3S/c22-18(16-6-2-1-3-7-16)19-12-15-8-9-17(14-19)21(13-15)25(23,24)20-10-4-5-11-20/h1-3,6-7,15,17H,4-5,8-14H2/t15-,17+/m0/s1. The maximum absolute atomic E-state index is 13.0. The summed E-state index contributed by atoms with van der Waals surface area (Å²) in [6, 6.07) is 9.18. The van der Waals surface area contributed by atoms with Gasteiger partial charge in [-0.05, 0) is 43.7 Å². The molecular formula is C18H25N3O3S. The molecule has 0 saturated carbocycles. The van der Waals surface area contributed by atoms with Crippen LogP contribution in [0.15, 0.2) is 30.3 Å². The molecule has 4 aliphatic rings. The fourth-order valence-corrected chi connectivity index (χ4v) is 6.28. The Morgan fingerprint density at radius 3 is 2.40 bits per heavy atom. The lowest BCUT2D eigenvalue weighted by atomic mass is 9.97. The van der Waals surface area contributed by atoms with Crippen LogP contribution in [0.4, 0.5) is 0 Å². The minimum atomic E-state index is -3.40. The molecule has 4 heterocycles. The number of carbonyl (C=O) groups excluding carboxylic acids is 1. The summed E-state index contributed by atoms with van der Waals surface area (Å²) in [5, 5.41) is 0. The summed E-state index contributed by atoms with van der Waals surface area (Å²) in [6.45, 7) is 2.95. The highest BCUT2D eigenvalue weighted by Crippen LogP contribution is 2.32. The molecule has 1 aromatic carbocycles. The summed E-state index contributed by atoms with van der Waals surface area (Å²) < 4.78 is 29.4. The Kier molecular flexibility index (Phi) is 4.56. The van der Waals surface area contributed by atoms with Crippen molar-refractivity contribution in [2.24, 2.45) is 5.92 Å². The summed E-state index contributed by atoms with van der Waals surface area (Å²) in [5.74, 6) is 0.238. The molecule has 4 aliphatic heterocycles. The smallest absolute Gasteiger partial charge is 0.282 e. The first-order valence-corrected chi connectivity index (χ1v) is 10.6. The number of fused-ring (bicyclic) bond motifs is 4. The number of hydrogen-bond donors (Lipinski definition) is 0. The fourth-order valence-electron chi connectivity index (χ4n) is 4.32. The fraction of sp³-hybridized carbons (Fsp3) is 0.611. The van der Waals surface area contributed by atoms with Gasteiger partial charge in [0, 0.05) is 44.3 Å². The highest BCUT2D eigenvalue weighted by Gasteiger charge is 2.44. The molecule has 2 atom stereocenters. The van der Waals surface area contributed by atoms with Crippen LogP contribution in [0.1, 0.15) is 36.0 Å². The van der Waals surface area contributed by atoms with Gasteiger partial charge in [0.2, 0.25) is 0 Å². The zero-order valence-electron chi connectivity index (χ0n) is 14.4. The summed E-state index contributed by atoms with van der Waals surface area (Å²) >= 11 is 0. The highest BCUT2D eigenvalue weighted by atomic mass is 32.2. The monoisotopic (exact) mass is 363 g/mol. The second-order valence-electron chi connectivity index (χ2n) is 7.36. The molecule has 1 aromatic rings. The molecule has 6 nitrogen and oxygen atoms in total. The van der Waals surface area contributed by atoms with Gasteiger partial charge in [-0.15, -0.1) is 0 Å². The molecule has 0 radical (unpaired) electrons. The van der Waals surface area contributed by atoms with Gasteiger partial charge in [-0.3, -0.25) is 4.79 Å². The molecule has 1 amide bonds. The Hall–Kier alpha value is -1.44. The largest absolute Gasteiger partial charge is 0.337 e. The summed E-state index contributed by atoms with van der Waals surface area (Å²) in [6.07, 6.45) is 3.73. The minimum absolute atomic E-state index is 0.0120. The second kappa shape index (κ2) is 6.70. The van der Waals surface area contributed by atoms with E-state index in [2.05, 4.69) is 0 Å². The molecule has 4 saturated heterocycles. The van der Waals surface area contributed by atoms with Crippen molar-refractivity contribution in [3.63, 3.8) is 0 Å². The average Bonchev–Trinajstić information content (AvgIpc) is 3.03. The van der Waals surface area contributed by atoms with E-state index in [4.69, 9.17) is 0 Å². The van der Waals surface area contributed by atoms with Gasteiger partial charge in [0.05, 0.1) is 0 Å². The number of hydrogen-bond acceptors (Lipinski definition) is 3. The number of nitrogens with zero attached hydrogens (tertiary/aromatic N) is 3. The Labute approximate surface area is 149 Å². The summed E-state index contributed by atoms with van der Waals surface area (Å²) in [7, 11) is -3.40. The van der Waals surface area contributed by atoms with Crippen molar-refractivity contribution in [1.82, 2.24) is 13.5 Å². The Bertz CT molecular complexity index is 731.